The van der Waals surface area contributed by atoms with E-state index in [9.17, 15) is 16.8 Å². The predicted molar refractivity (Wildman–Crippen MR) is 74.4 cm³/mol. The molecule has 1 fully saturated rings. The molecule has 0 amide bonds. The Bertz CT molecular complexity index is 736. The zero-order valence-corrected chi connectivity index (χ0v) is 13.2. The van der Waals surface area contributed by atoms with Crippen molar-refractivity contribution in [3.05, 3.63) is 5.69 Å². The average molecular weight is 322 g/mol. The van der Waals surface area contributed by atoms with Crippen molar-refractivity contribution in [2.24, 2.45) is 7.05 Å². The lowest BCUT2D eigenvalue weighted by Crippen LogP contribution is -2.49. The van der Waals surface area contributed by atoms with Gasteiger partial charge in [0, 0.05) is 19.6 Å². The molecular formula is C10H18N4O4S2. The molecule has 0 radical (unpaired) electrons. The van der Waals surface area contributed by atoms with Gasteiger partial charge in [0.05, 0.1) is 17.2 Å². The second-order valence-corrected chi connectivity index (χ2v) is 9.06. The third-order valence-electron chi connectivity index (χ3n) is 3.48. The zero-order chi connectivity index (χ0) is 15.3. The van der Waals surface area contributed by atoms with E-state index >= 15 is 0 Å². The minimum Gasteiger partial charge on any atom is -0.381 e. The van der Waals surface area contributed by atoms with Gasteiger partial charge in [-0.05, 0) is 13.8 Å². The Morgan fingerprint density at radius 2 is 2.00 bits per heavy atom. The van der Waals surface area contributed by atoms with Gasteiger partial charge in [0.1, 0.15) is 4.90 Å². The summed E-state index contributed by atoms with van der Waals surface area (Å²) in [7, 11) is -5.42. The van der Waals surface area contributed by atoms with Crippen LogP contribution in [0.4, 0.5) is 5.82 Å². The van der Waals surface area contributed by atoms with Crippen molar-refractivity contribution in [2.75, 3.05) is 23.8 Å². The van der Waals surface area contributed by atoms with Crippen molar-refractivity contribution in [1.29, 1.82) is 0 Å². The van der Waals surface area contributed by atoms with Gasteiger partial charge in [-0.1, -0.05) is 0 Å². The number of sulfone groups is 1. The van der Waals surface area contributed by atoms with Gasteiger partial charge in [0.15, 0.2) is 15.7 Å². The lowest BCUT2D eigenvalue weighted by molar-refractivity contribution is 0.356. The van der Waals surface area contributed by atoms with Gasteiger partial charge in [0.25, 0.3) is 0 Å². The Morgan fingerprint density at radius 3 is 2.45 bits per heavy atom. The van der Waals surface area contributed by atoms with Gasteiger partial charge in [0.2, 0.25) is 10.0 Å². The van der Waals surface area contributed by atoms with Gasteiger partial charge < -0.3 is 5.73 Å². The van der Waals surface area contributed by atoms with Crippen LogP contribution in [0.1, 0.15) is 12.6 Å². The Kier molecular flexibility index (Phi) is 3.59. The standard InChI is InChI=1S/C10H18N4O4S2/c1-7-6-19(15,16)5-4-14(7)20(17,18)9-8(2)13(3)12-10(9)11/h7H,4-6H2,1-3H3,(H2,11,12). The molecule has 0 aromatic carbocycles. The third-order valence-corrected chi connectivity index (χ3v) is 7.46. The summed E-state index contributed by atoms with van der Waals surface area (Å²) in [5.41, 5.74) is 6.11. The lowest BCUT2D eigenvalue weighted by Gasteiger charge is -2.31. The number of aryl methyl sites for hydroxylation is 1. The number of anilines is 1. The summed E-state index contributed by atoms with van der Waals surface area (Å²) in [5.74, 6) is -0.410. The maximum atomic E-state index is 12.7. The molecular weight excluding hydrogens is 304 g/mol. The van der Waals surface area contributed by atoms with Crippen molar-refractivity contribution in [1.82, 2.24) is 14.1 Å². The van der Waals surface area contributed by atoms with E-state index < -0.39 is 25.9 Å². The van der Waals surface area contributed by atoms with Crippen LogP contribution >= 0.6 is 0 Å². The Labute approximate surface area is 118 Å². The van der Waals surface area contributed by atoms with E-state index in [1.807, 2.05) is 0 Å². The molecule has 1 aliphatic heterocycles. The maximum Gasteiger partial charge on any atom is 0.248 e. The molecule has 114 valence electrons. The zero-order valence-electron chi connectivity index (χ0n) is 11.6. The number of nitrogens with zero attached hydrogens (tertiary/aromatic N) is 3. The fourth-order valence-corrected chi connectivity index (χ4v) is 6.08. The molecule has 1 aromatic rings. The highest BCUT2D eigenvalue weighted by Crippen LogP contribution is 2.28. The minimum absolute atomic E-state index is 0.0360. The Morgan fingerprint density at radius 1 is 1.40 bits per heavy atom. The average Bonchev–Trinajstić information content (AvgIpc) is 2.50. The smallest absolute Gasteiger partial charge is 0.248 e. The molecule has 0 saturated carbocycles. The molecule has 1 unspecified atom stereocenters. The van der Waals surface area contributed by atoms with Crippen LogP contribution in [0.5, 0.6) is 0 Å². The Hall–Kier alpha value is -1.13. The molecule has 1 aliphatic rings. The van der Waals surface area contributed by atoms with Crippen LogP contribution in [0.3, 0.4) is 0 Å². The lowest BCUT2D eigenvalue weighted by atomic mass is 10.4. The molecule has 0 aliphatic carbocycles. The van der Waals surface area contributed by atoms with Crippen LogP contribution in [-0.4, -0.2) is 55.0 Å². The fourth-order valence-electron chi connectivity index (χ4n) is 2.39. The van der Waals surface area contributed by atoms with E-state index in [4.69, 9.17) is 5.73 Å². The SMILES string of the molecule is Cc1c(S(=O)(=O)N2CCS(=O)(=O)CC2C)c(N)nn1C. The fraction of sp³-hybridized carbons (Fsp3) is 0.700. The second kappa shape index (κ2) is 4.71. The number of rotatable bonds is 2. The number of hydrogen-bond donors (Lipinski definition) is 1. The maximum absolute atomic E-state index is 12.7. The molecule has 8 nitrogen and oxygen atoms in total. The molecule has 0 spiro atoms. The summed E-state index contributed by atoms with van der Waals surface area (Å²) >= 11 is 0. The highest BCUT2D eigenvalue weighted by atomic mass is 32.2. The Balaban J connectivity index is 2.46. The van der Waals surface area contributed by atoms with Crippen molar-refractivity contribution in [3.63, 3.8) is 0 Å². The van der Waals surface area contributed by atoms with Crippen molar-refractivity contribution in [2.45, 2.75) is 24.8 Å². The number of nitrogen functional groups attached to an aromatic ring is 1. The highest BCUT2D eigenvalue weighted by molar-refractivity contribution is 7.92. The van der Waals surface area contributed by atoms with Crippen LogP contribution in [0.15, 0.2) is 4.90 Å². The quantitative estimate of drug-likeness (QED) is 0.756. The number of sulfonamides is 1. The summed E-state index contributed by atoms with van der Waals surface area (Å²) < 4.78 is 51.0. The van der Waals surface area contributed by atoms with E-state index in [1.165, 1.54) is 8.99 Å². The summed E-state index contributed by atoms with van der Waals surface area (Å²) in [5, 5.41) is 3.90. The molecule has 2 N–H and O–H groups in total. The van der Waals surface area contributed by atoms with Crippen LogP contribution < -0.4 is 5.73 Å². The first kappa shape index (κ1) is 15.3. The van der Waals surface area contributed by atoms with E-state index in [-0.39, 0.29) is 28.8 Å². The van der Waals surface area contributed by atoms with E-state index in [2.05, 4.69) is 5.10 Å². The van der Waals surface area contributed by atoms with E-state index in [0.29, 0.717) is 5.69 Å². The summed E-state index contributed by atoms with van der Waals surface area (Å²) in [6.07, 6.45) is 0. The molecule has 0 bridgehead atoms. The van der Waals surface area contributed by atoms with Gasteiger partial charge in [-0.2, -0.15) is 9.40 Å². The molecule has 2 heterocycles. The monoisotopic (exact) mass is 322 g/mol. The first-order valence-electron chi connectivity index (χ1n) is 6.07. The van der Waals surface area contributed by atoms with Crippen LogP contribution in [0, 0.1) is 6.92 Å². The second-order valence-electron chi connectivity index (χ2n) is 5.00. The third kappa shape index (κ3) is 2.42. The van der Waals surface area contributed by atoms with Crippen LogP contribution in [0.2, 0.25) is 0 Å². The van der Waals surface area contributed by atoms with Crippen LogP contribution in [-0.2, 0) is 26.9 Å². The van der Waals surface area contributed by atoms with Gasteiger partial charge in [-0.3, -0.25) is 4.68 Å². The van der Waals surface area contributed by atoms with Gasteiger partial charge >= 0.3 is 0 Å². The molecule has 10 heteroatoms. The summed E-state index contributed by atoms with van der Waals surface area (Å²) in [6.45, 7) is 3.14. The first-order valence-corrected chi connectivity index (χ1v) is 9.34. The van der Waals surface area contributed by atoms with Gasteiger partial charge in [-0.25, -0.2) is 16.8 Å². The molecule has 20 heavy (non-hydrogen) atoms. The van der Waals surface area contributed by atoms with Gasteiger partial charge in [-0.15, -0.1) is 0 Å². The molecule has 1 atom stereocenters. The van der Waals surface area contributed by atoms with E-state index in [1.54, 1.807) is 20.9 Å². The molecule has 1 saturated heterocycles. The van der Waals surface area contributed by atoms with Crippen molar-refractivity contribution in [3.8, 4) is 0 Å². The molecule has 2 rings (SSSR count). The molecule has 1 aromatic heterocycles. The highest BCUT2D eigenvalue weighted by Gasteiger charge is 2.39. The number of nitrogens with two attached hydrogens (primary N) is 1. The topological polar surface area (TPSA) is 115 Å². The summed E-state index contributed by atoms with van der Waals surface area (Å²) in [4.78, 5) is -0.0360. The van der Waals surface area contributed by atoms with E-state index in [0.717, 1.165) is 0 Å². The number of aromatic nitrogens is 2. The normalized spacial score (nSPS) is 23.9. The summed E-state index contributed by atoms with van der Waals surface area (Å²) in [6, 6.07) is -0.613. The first-order chi connectivity index (χ1) is 9.06. The number of hydrogen-bond acceptors (Lipinski definition) is 6. The van der Waals surface area contributed by atoms with Crippen molar-refractivity contribution < 1.29 is 16.8 Å². The minimum atomic E-state index is -3.84. The van der Waals surface area contributed by atoms with Crippen molar-refractivity contribution >= 4 is 25.7 Å². The predicted octanol–water partition coefficient (Wildman–Crippen LogP) is -0.882. The van der Waals surface area contributed by atoms with Crippen LogP contribution in [0.25, 0.3) is 0 Å². The largest absolute Gasteiger partial charge is 0.381 e.